The lowest BCUT2D eigenvalue weighted by Crippen LogP contribution is -2.01. The topological polar surface area (TPSA) is 12.0 Å². The molecular weight excluding hydrogens is 252 g/mol. The van der Waals surface area contributed by atoms with Crippen LogP contribution in [-0.4, -0.2) is 6.54 Å². The van der Waals surface area contributed by atoms with Gasteiger partial charge in [-0.05, 0) is 28.9 Å². The van der Waals surface area contributed by atoms with Crippen molar-refractivity contribution in [3.8, 4) is 11.8 Å². The lowest BCUT2D eigenvalue weighted by atomic mass is 10.3. The van der Waals surface area contributed by atoms with Crippen molar-refractivity contribution < 1.29 is 8.78 Å². The van der Waals surface area contributed by atoms with E-state index in [2.05, 4.69) is 33.1 Å². The van der Waals surface area contributed by atoms with E-state index in [1.165, 1.54) is 0 Å². The molecule has 0 bridgehead atoms. The van der Waals surface area contributed by atoms with Gasteiger partial charge in [-0.2, -0.15) is 0 Å². The fourth-order valence-electron chi connectivity index (χ4n) is 0.886. The van der Waals surface area contributed by atoms with Crippen molar-refractivity contribution in [2.24, 2.45) is 0 Å². The van der Waals surface area contributed by atoms with Crippen LogP contribution in [0.5, 0.6) is 0 Å². The van der Waals surface area contributed by atoms with E-state index in [1.54, 1.807) is 6.92 Å². The van der Waals surface area contributed by atoms with Gasteiger partial charge in [-0.25, -0.2) is 8.78 Å². The van der Waals surface area contributed by atoms with Crippen molar-refractivity contribution in [1.82, 2.24) is 0 Å². The van der Waals surface area contributed by atoms with Gasteiger partial charge in [0.2, 0.25) is 0 Å². The number of anilines is 1. The average molecular weight is 260 g/mol. The molecule has 0 aliphatic rings. The third kappa shape index (κ3) is 2.71. The zero-order valence-electron chi connectivity index (χ0n) is 7.50. The van der Waals surface area contributed by atoms with E-state index in [-0.39, 0.29) is 10.2 Å². The number of nitrogens with one attached hydrogen (secondary N) is 1. The van der Waals surface area contributed by atoms with Crippen molar-refractivity contribution in [3.05, 3.63) is 28.2 Å². The first kappa shape index (κ1) is 11.0. The maximum atomic E-state index is 13.2. The number of hydrogen-bond donors (Lipinski definition) is 1. The summed E-state index contributed by atoms with van der Waals surface area (Å²) in [7, 11) is 0. The second-order valence-electron chi connectivity index (χ2n) is 2.53. The summed E-state index contributed by atoms with van der Waals surface area (Å²) in [4.78, 5) is 0. The van der Waals surface area contributed by atoms with E-state index in [9.17, 15) is 8.78 Å². The SMILES string of the molecule is CC#CCNc1cc(F)c(Br)cc1F. The van der Waals surface area contributed by atoms with Gasteiger partial charge in [0.1, 0.15) is 11.6 Å². The van der Waals surface area contributed by atoms with E-state index >= 15 is 0 Å². The van der Waals surface area contributed by atoms with Crippen LogP contribution in [0.3, 0.4) is 0 Å². The zero-order valence-corrected chi connectivity index (χ0v) is 9.08. The van der Waals surface area contributed by atoms with Crippen LogP contribution in [0.1, 0.15) is 6.92 Å². The molecule has 0 aromatic heterocycles. The van der Waals surface area contributed by atoms with Gasteiger partial charge in [-0.3, -0.25) is 0 Å². The fraction of sp³-hybridized carbons (Fsp3) is 0.200. The lowest BCUT2D eigenvalue weighted by molar-refractivity contribution is 0.597. The van der Waals surface area contributed by atoms with Gasteiger partial charge in [0.25, 0.3) is 0 Å². The minimum Gasteiger partial charge on any atom is -0.372 e. The smallest absolute Gasteiger partial charge is 0.147 e. The van der Waals surface area contributed by atoms with Gasteiger partial charge in [0, 0.05) is 6.07 Å². The van der Waals surface area contributed by atoms with Crippen molar-refractivity contribution in [2.45, 2.75) is 6.92 Å². The largest absolute Gasteiger partial charge is 0.372 e. The second kappa shape index (κ2) is 4.97. The molecule has 0 amide bonds. The Hall–Kier alpha value is -1.08. The van der Waals surface area contributed by atoms with Gasteiger partial charge in [0.05, 0.1) is 16.7 Å². The minimum absolute atomic E-state index is 0.113. The summed E-state index contributed by atoms with van der Waals surface area (Å²) in [6.07, 6.45) is 0. The predicted molar refractivity (Wildman–Crippen MR) is 56.0 cm³/mol. The van der Waals surface area contributed by atoms with Crippen LogP contribution >= 0.6 is 15.9 Å². The van der Waals surface area contributed by atoms with E-state index < -0.39 is 11.6 Å². The Bertz CT molecular complexity index is 393. The van der Waals surface area contributed by atoms with Crippen molar-refractivity contribution in [1.29, 1.82) is 0 Å². The van der Waals surface area contributed by atoms with E-state index in [0.29, 0.717) is 6.54 Å². The number of hydrogen-bond acceptors (Lipinski definition) is 1. The van der Waals surface area contributed by atoms with E-state index in [0.717, 1.165) is 12.1 Å². The van der Waals surface area contributed by atoms with Gasteiger partial charge >= 0.3 is 0 Å². The van der Waals surface area contributed by atoms with Gasteiger partial charge < -0.3 is 5.32 Å². The van der Waals surface area contributed by atoms with Crippen molar-refractivity contribution >= 4 is 21.6 Å². The molecule has 74 valence electrons. The summed E-state index contributed by atoms with van der Waals surface area (Å²) in [5, 5.41) is 2.67. The average Bonchev–Trinajstić information content (AvgIpc) is 2.14. The summed E-state index contributed by atoms with van der Waals surface area (Å²) in [5.74, 6) is 4.34. The Morgan fingerprint density at radius 2 is 2.07 bits per heavy atom. The highest BCUT2D eigenvalue weighted by Crippen LogP contribution is 2.22. The summed E-state index contributed by atoms with van der Waals surface area (Å²) in [5.41, 5.74) is 0.119. The maximum absolute atomic E-state index is 13.2. The van der Waals surface area contributed by atoms with E-state index in [4.69, 9.17) is 0 Å². The highest BCUT2D eigenvalue weighted by molar-refractivity contribution is 9.10. The maximum Gasteiger partial charge on any atom is 0.147 e. The molecule has 14 heavy (non-hydrogen) atoms. The standard InChI is InChI=1S/C10H8BrF2N/c1-2-3-4-14-10-6-8(12)7(11)5-9(10)13/h5-6,14H,4H2,1H3. The monoisotopic (exact) mass is 259 g/mol. The van der Waals surface area contributed by atoms with Crippen LogP contribution in [0.25, 0.3) is 0 Å². The Balaban J connectivity index is 2.85. The molecule has 1 N–H and O–H groups in total. The molecule has 0 unspecified atom stereocenters. The third-order valence-electron chi connectivity index (χ3n) is 1.55. The normalized spacial score (nSPS) is 9.14. The molecule has 0 spiro atoms. The summed E-state index contributed by atoms with van der Waals surface area (Å²) in [6, 6.07) is 2.17. The number of benzene rings is 1. The first-order chi connectivity index (χ1) is 6.65. The van der Waals surface area contributed by atoms with Crippen LogP contribution in [0.15, 0.2) is 16.6 Å². The molecule has 0 aliphatic heterocycles. The highest BCUT2D eigenvalue weighted by Gasteiger charge is 2.06. The predicted octanol–water partition coefficient (Wildman–Crippen LogP) is 3.16. The molecule has 1 nitrogen and oxygen atoms in total. The first-order valence-corrected chi connectivity index (χ1v) is 4.72. The van der Waals surface area contributed by atoms with Gasteiger partial charge in [-0.15, -0.1) is 5.92 Å². The van der Waals surface area contributed by atoms with Gasteiger partial charge in [0.15, 0.2) is 0 Å². The Labute approximate surface area is 89.6 Å². The molecule has 1 rings (SSSR count). The van der Waals surface area contributed by atoms with Crippen LogP contribution in [0, 0.1) is 23.5 Å². The molecule has 0 aliphatic carbocycles. The Kier molecular flexibility index (Phi) is 3.90. The Morgan fingerprint density at radius 1 is 1.36 bits per heavy atom. The number of rotatable bonds is 2. The van der Waals surface area contributed by atoms with Crippen LogP contribution in [-0.2, 0) is 0 Å². The van der Waals surface area contributed by atoms with Gasteiger partial charge in [-0.1, -0.05) is 5.92 Å². The minimum atomic E-state index is -0.504. The summed E-state index contributed by atoms with van der Waals surface area (Å²) < 4.78 is 26.2. The molecule has 4 heteroatoms. The highest BCUT2D eigenvalue weighted by atomic mass is 79.9. The molecular formula is C10H8BrF2N. The summed E-state index contributed by atoms with van der Waals surface area (Å²) >= 11 is 2.89. The molecule has 0 saturated carbocycles. The second-order valence-corrected chi connectivity index (χ2v) is 3.38. The van der Waals surface area contributed by atoms with Crippen LogP contribution in [0.2, 0.25) is 0 Å². The van der Waals surface area contributed by atoms with Crippen molar-refractivity contribution in [3.63, 3.8) is 0 Å². The Morgan fingerprint density at radius 3 is 2.71 bits per heavy atom. The fourth-order valence-corrected chi connectivity index (χ4v) is 1.20. The first-order valence-electron chi connectivity index (χ1n) is 3.93. The molecule has 0 fully saturated rings. The van der Waals surface area contributed by atoms with E-state index in [1.807, 2.05) is 0 Å². The van der Waals surface area contributed by atoms with Crippen LogP contribution < -0.4 is 5.32 Å². The molecule has 1 aromatic carbocycles. The molecule has 0 saturated heterocycles. The quantitative estimate of drug-likeness (QED) is 0.636. The third-order valence-corrected chi connectivity index (χ3v) is 2.16. The molecule has 1 aromatic rings. The number of halogens is 3. The summed E-state index contributed by atoms with van der Waals surface area (Å²) in [6.45, 7) is 1.98. The zero-order chi connectivity index (χ0) is 10.6. The lowest BCUT2D eigenvalue weighted by Gasteiger charge is -2.04. The van der Waals surface area contributed by atoms with Crippen molar-refractivity contribution in [2.75, 3.05) is 11.9 Å². The molecule has 0 heterocycles. The van der Waals surface area contributed by atoms with Crippen LogP contribution in [0.4, 0.5) is 14.5 Å². The molecule has 0 radical (unpaired) electrons. The molecule has 0 atom stereocenters.